The molecule has 0 bridgehead atoms. The van der Waals surface area contributed by atoms with E-state index in [0.717, 1.165) is 30.6 Å². The molecule has 2 aromatic carbocycles. The van der Waals surface area contributed by atoms with Gasteiger partial charge in [-0.2, -0.15) is 0 Å². The third kappa shape index (κ3) is 5.85. The first kappa shape index (κ1) is 22.8. The number of aliphatic carboxylic acids is 1. The van der Waals surface area contributed by atoms with Gasteiger partial charge in [0, 0.05) is 13.1 Å². The van der Waals surface area contributed by atoms with E-state index in [9.17, 15) is 14.7 Å². The summed E-state index contributed by atoms with van der Waals surface area (Å²) >= 11 is 0. The molecule has 1 aliphatic rings. The molecule has 31 heavy (non-hydrogen) atoms. The van der Waals surface area contributed by atoms with Gasteiger partial charge in [0.2, 0.25) is 5.91 Å². The Hall–Kier alpha value is -2.86. The molecule has 1 heterocycles. The summed E-state index contributed by atoms with van der Waals surface area (Å²) in [6.07, 6.45) is 1.49. The smallest absolute Gasteiger partial charge is 0.322 e. The minimum atomic E-state index is -1.04. The highest BCUT2D eigenvalue weighted by Gasteiger charge is 2.39. The zero-order chi connectivity index (χ0) is 22.4. The van der Waals surface area contributed by atoms with E-state index in [4.69, 9.17) is 5.11 Å². The van der Waals surface area contributed by atoms with Crippen LogP contribution in [0.5, 0.6) is 5.75 Å². The maximum atomic E-state index is 12.8. The van der Waals surface area contributed by atoms with Gasteiger partial charge < -0.3 is 20.4 Å². The van der Waals surface area contributed by atoms with Crippen LogP contribution in [-0.4, -0.2) is 53.2 Å². The highest BCUT2D eigenvalue weighted by Crippen LogP contribution is 2.40. The van der Waals surface area contributed by atoms with Crippen LogP contribution in [0.1, 0.15) is 31.4 Å². The number of carboxylic acid groups (broad SMARTS) is 1. The Morgan fingerprint density at radius 1 is 1.19 bits per heavy atom. The molecule has 0 saturated carbocycles. The second-order valence-electron chi connectivity index (χ2n) is 8.88. The molecule has 0 aromatic heterocycles. The van der Waals surface area contributed by atoms with Crippen LogP contribution in [0.3, 0.4) is 0 Å². The zero-order valence-corrected chi connectivity index (χ0v) is 18.3. The molecule has 6 nitrogen and oxygen atoms in total. The van der Waals surface area contributed by atoms with E-state index in [1.165, 1.54) is 0 Å². The lowest BCUT2D eigenvalue weighted by Crippen LogP contribution is -2.50. The van der Waals surface area contributed by atoms with E-state index in [1.54, 1.807) is 6.07 Å². The Balaban J connectivity index is 1.69. The summed E-state index contributed by atoms with van der Waals surface area (Å²) in [5.74, 6) is -0.964. The summed E-state index contributed by atoms with van der Waals surface area (Å²) in [7, 11) is 0. The fraction of sp³-hybridized carbons (Fsp3) is 0.440. The van der Waals surface area contributed by atoms with Crippen molar-refractivity contribution < 1.29 is 19.8 Å². The number of phenolic OH excluding ortho intramolecular Hbond substituents is 1. The van der Waals surface area contributed by atoms with Crippen molar-refractivity contribution in [2.75, 3.05) is 26.2 Å². The number of piperidine rings is 1. The van der Waals surface area contributed by atoms with Crippen LogP contribution in [0.4, 0.5) is 0 Å². The molecule has 0 spiro atoms. The van der Waals surface area contributed by atoms with Crippen LogP contribution < -0.4 is 5.32 Å². The van der Waals surface area contributed by atoms with Gasteiger partial charge in [-0.3, -0.25) is 9.59 Å². The molecule has 0 radical (unpaired) electrons. The van der Waals surface area contributed by atoms with Crippen molar-refractivity contribution in [3.05, 3.63) is 65.7 Å². The van der Waals surface area contributed by atoms with Crippen molar-refractivity contribution >= 4 is 11.9 Å². The summed E-state index contributed by atoms with van der Waals surface area (Å²) in [4.78, 5) is 26.0. The number of carbonyl (C=O) groups excluding carboxylic acids is 1. The molecule has 1 amide bonds. The van der Waals surface area contributed by atoms with Crippen molar-refractivity contribution in [3.63, 3.8) is 0 Å². The van der Waals surface area contributed by atoms with E-state index in [2.05, 4.69) is 30.1 Å². The number of amides is 1. The second-order valence-corrected chi connectivity index (χ2v) is 8.88. The maximum absolute atomic E-state index is 12.8. The molecule has 1 saturated heterocycles. The Bertz CT molecular complexity index is 901. The molecule has 2 aromatic rings. The van der Waals surface area contributed by atoms with Gasteiger partial charge in [-0.05, 0) is 54.0 Å². The lowest BCUT2D eigenvalue weighted by atomic mass is 9.68. The summed E-state index contributed by atoms with van der Waals surface area (Å²) in [6, 6.07) is 17.3. The van der Waals surface area contributed by atoms with Crippen LogP contribution in [0.2, 0.25) is 0 Å². The van der Waals surface area contributed by atoms with Crippen molar-refractivity contribution in [2.24, 2.45) is 11.8 Å². The van der Waals surface area contributed by atoms with Gasteiger partial charge in [0.05, 0.1) is 5.92 Å². The van der Waals surface area contributed by atoms with Gasteiger partial charge in [-0.25, -0.2) is 0 Å². The van der Waals surface area contributed by atoms with Gasteiger partial charge in [0.1, 0.15) is 12.3 Å². The quantitative estimate of drug-likeness (QED) is 0.606. The third-order valence-electron chi connectivity index (χ3n) is 6.66. The standard InChI is InChI=1S/C25H32N2O4/c1-18-16-27(12-11-25(18,2)21-9-6-10-22(28)14-21)17-20(24(31)26-15-23(29)30)13-19-7-4-3-5-8-19/h3-10,14,18,20,28H,11-13,15-17H2,1-2H3,(H,26,31)(H,29,30)/t18-,20-,25-/m0/s1. The van der Waals surface area contributed by atoms with Crippen LogP contribution in [0.25, 0.3) is 0 Å². The van der Waals surface area contributed by atoms with Crippen molar-refractivity contribution in [3.8, 4) is 5.75 Å². The van der Waals surface area contributed by atoms with E-state index in [-0.39, 0.29) is 29.5 Å². The van der Waals surface area contributed by atoms with Crippen LogP contribution in [-0.2, 0) is 21.4 Å². The SMILES string of the molecule is C[C@H]1CN(C[C@H](Cc2ccccc2)C(=O)NCC(=O)O)CC[C@]1(C)c1cccc(O)c1. The minimum absolute atomic E-state index is 0.0459. The first-order valence-corrected chi connectivity index (χ1v) is 10.8. The molecule has 1 aliphatic heterocycles. The number of benzene rings is 2. The number of nitrogens with one attached hydrogen (secondary N) is 1. The third-order valence-corrected chi connectivity index (χ3v) is 6.66. The van der Waals surface area contributed by atoms with Gasteiger partial charge in [-0.15, -0.1) is 0 Å². The fourth-order valence-electron chi connectivity index (χ4n) is 4.53. The van der Waals surface area contributed by atoms with E-state index in [0.29, 0.717) is 18.9 Å². The lowest BCUT2D eigenvalue weighted by Gasteiger charge is -2.45. The molecule has 3 rings (SSSR count). The predicted molar refractivity (Wildman–Crippen MR) is 120 cm³/mol. The van der Waals surface area contributed by atoms with Gasteiger partial charge in [0.15, 0.2) is 0 Å². The Morgan fingerprint density at radius 2 is 1.94 bits per heavy atom. The molecule has 1 fully saturated rings. The van der Waals surface area contributed by atoms with Crippen molar-refractivity contribution in [1.29, 1.82) is 0 Å². The first-order chi connectivity index (χ1) is 14.8. The van der Waals surface area contributed by atoms with Gasteiger partial charge >= 0.3 is 5.97 Å². The molecular formula is C25H32N2O4. The van der Waals surface area contributed by atoms with Crippen LogP contribution in [0, 0.1) is 11.8 Å². The molecule has 3 N–H and O–H groups in total. The number of carbonyl (C=O) groups is 2. The average molecular weight is 425 g/mol. The zero-order valence-electron chi connectivity index (χ0n) is 18.3. The molecule has 0 unspecified atom stereocenters. The average Bonchev–Trinajstić information content (AvgIpc) is 2.75. The molecule has 6 heteroatoms. The highest BCUT2D eigenvalue weighted by molar-refractivity contribution is 5.83. The lowest BCUT2D eigenvalue weighted by molar-refractivity contribution is -0.138. The van der Waals surface area contributed by atoms with Crippen molar-refractivity contribution in [1.82, 2.24) is 10.2 Å². The number of rotatable bonds is 8. The summed E-state index contributed by atoms with van der Waals surface area (Å²) in [5, 5.41) is 21.4. The van der Waals surface area contributed by atoms with Crippen molar-refractivity contribution in [2.45, 2.75) is 32.1 Å². The molecule has 3 atom stereocenters. The Labute approximate surface area is 183 Å². The maximum Gasteiger partial charge on any atom is 0.322 e. The Morgan fingerprint density at radius 3 is 2.58 bits per heavy atom. The largest absolute Gasteiger partial charge is 0.508 e. The van der Waals surface area contributed by atoms with Gasteiger partial charge in [0.25, 0.3) is 0 Å². The molecular weight excluding hydrogens is 392 g/mol. The predicted octanol–water partition coefficient (Wildman–Crippen LogP) is 3.05. The van der Waals surface area contributed by atoms with Crippen LogP contribution >= 0.6 is 0 Å². The molecule has 0 aliphatic carbocycles. The van der Waals surface area contributed by atoms with Gasteiger partial charge in [-0.1, -0.05) is 56.3 Å². The number of hydrogen-bond donors (Lipinski definition) is 3. The fourth-order valence-corrected chi connectivity index (χ4v) is 4.53. The number of aromatic hydroxyl groups is 1. The number of phenols is 1. The number of hydrogen-bond acceptors (Lipinski definition) is 4. The summed E-state index contributed by atoms with van der Waals surface area (Å²) in [6.45, 7) is 6.35. The van der Waals surface area contributed by atoms with E-state index >= 15 is 0 Å². The Kier molecular flexibility index (Phi) is 7.33. The molecule has 166 valence electrons. The topological polar surface area (TPSA) is 89.9 Å². The first-order valence-electron chi connectivity index (χ1n) is 10.8. The second kappa shape index (κ2) is 9.96. The van der Waals surface area contributed by atoms with E-state index in [1.807, 2.05) is 42.5 Å². The van der Waals surface area contributed by atoms with Crippen LogP contribution in [0.15, 0.2) is 54.6 Å². The highest BCUT2D eigenvalue weighted by atomic mass is 16.4. The monoisotopic (exact) mass is 424 g/mol. The summed E-state index contributed by atoms with van der Waals surface area (Å²) in [5.41, 5.74) is 2.16. The number of likely N-dealkylation sites (tertiary alicyclic amines) is 1. The summed E-state index contributed by atoms with van der Waals surface area (Å²) < 4.78 is 0. The normalized spacial score (nSPS) is 22.6. The number of nitrogens with zero attached hydrogens (tertiary/aromatic N) is 1. The van der Waals surface area contributed by atoms with E-state index < -0.39 is 5.97 Å². The minimum Gasteiger partial charge on any atom is -0.508 e. The number of carboxylic acids is 1.